The molecule has 0 aromatic heterocycles. The molecule has 38 heavy (non-hydrogen) atoms. The van der Waals surface area contributed by atoms with Gasteiger partial charge in [-0.15, -0.1) is 0 Å². The number of phenols is 1. The second-order valence-electron chi connectivity index (χ2n) is 8.85. The summed E-state index contributed by atoms with van der Waals surface area (Å²) in [7, 11) is 0. The van der Waals surface area contributed by atoms with Crippen LogP contribution < -0.4 is 15.8 Å². The predicted molar refractivity (Wildman–Crippen MR) is 133 cm³/mol. The van der Waals surface area contributed by atoms with Crippen molar-refractivity contribution in [2.24, 2.45) is 5.73 Å². The fraction of sp³-hybridized carbons (Fsp3) is 0.423. The van der Waals surface area contributed by atoms with Crippen LogP contribution in [-0.4, -0.2) is 53.6 Å². The Kier molecular flexibility index (Phi) is 12.6. The van der Waals surface area contributed by atoms with Crippen LogP contribution in [0.1, 0.15) is 56.2 Å². The van der Waals surface area contributed by atoms with Gasteiger partial charge in [0.15, 0.2) is 0 Å². The molecule has 2 aromatic rings. The van der Waals surface area contributed by atoms with E-state index in [-0.39, 0.29) is 36.6 Å². The first-order valence-electron chi connectivity index (χ1n) is 11.7. The molecule has 2 rings (SSSR count). The van der Waals surface area contributed by atoms with Crippen molar-refractivity contribution in [3.8, 4) is 11.5 Å². The zero-order valence-electron chi connectivity index (χ0n) is 21.5. The summed E-state index contributed by atoms with van der Waals surface area (Å²) < 4.78 is 42.4. The predicted octanol–water partition coefficient (Wildman–Crippen LogP) is 4.47. The summed E-state index contributed by atoms with van der Waals surface area (Å²) in [6.45, 7) is 8.24. The SMILES string of the molecule is CC(C)c1cccc(C(C)C)c1OC(=O)OCCNC(=O)[C@@H](N)Cc1ccc(O)cc1.O=C(O)C(F)(F)F. The van der Waals surface area contributed by atoms with Crippen molar-refractivity contribution in [2.45, 2.75) is 58.2 Å². The Bertz CT molecular complexity index is 1050. The molecule has 0 radical (unpaired) electrons. The highest BCUT2D eigenvalue weighted by molar-refractivity contribution is 5.81. The molecular weight excluding hydrogens is 509 g/mol. The number of hydrogen-bond acceptors (Lipinski definition) is 7. The molecule has 0 spiro atoms. The zero-order valence-corrected chi connectivity index (χ0v) is 21.5. The molecule has 210 valence electrons. The lowest BCUT2D eigenvalue weighted by molar-refractivity contribution is -0.192. The van der Waals surface area contributed by atoms with Gasteiger partial charge in [-0.3, -0.25) is 4.79 Å². The number of alkyl halides is 3. The Morgan fingerprint density at radius 2 is 1.47 bits per heavy atom. The number of benzene rings is 2. The Morgan fingerprint density at radius 3 is 1.92 bits per heavy atom. The fourth-order valence-corrected chi connectivity index (χ4v) is 3.13. The average molecular weight is 543 g/mol. The third-order valence-corrected chi connectivity index (χ3v) is 5.10. The van der Waals surface area contributed by atoms with E-state index >= 15 is 0 Å². The number of rotatable bonds is 9. The molecule has 0 heterocycles. The number of halogens is 3. The van der Waals surface area contributed by atoms with Crippen molar-refractivity contribution in [3.05, 3.63) is 59.2 Å². The summed E-state index contributed by atoms with van der Waals surface area (Å²) in [6, 6.07) is 11.6. The molecule has 5 N–H and O–H groups in total. The summed E-state index contributed by atoms with van der Waals surface area (Å²) in [5, 5.41) is 19.1. The summed E-state index contributed by atoms with van der Waals surface area (Å²) in [5.41, 5.74) is 8.64. The highest BCUT2D eigenvalue weighted by Gasteiger charge is 2.38. The number of carboxylic acid groups (broad SMARTS) is 1. The normalized spacial score (nSPS) is 11.8. The van der Waals surface area contributed by atoms with Gasteiger partial charge in [0, 0.05) is 0 Å². The quantitative estimate of drug-likeness (QED) is 0.206. The van der Waals surface area contributed by atoms with Gasteiger partial charge in [-0.05, 0) is 47.1 Å². The Labute approximate surface area is 218 Å². The van der Waals surface area contributed by atoms with Crippen molar-refractivity contribution in [2.75, 3.05) is 13.2 Å². The Hall–Kier alpha value is -3.80. The number of phenolic OH excluding ortho intramolecular Hbond substituents is 1. The summed E-state index contributed by atoms with van der Waals surface area (Å²) in [6.07, 6.45) is -5.56. The van der Waals surface area contributed by atoms with E-state index < -0.39 is 24.3 Å². The molecule has 0 aliphatic heterocycles. The van der Waals surface area contributed by atoms with E-state index in [1.165, 1.54) is 0 Å². The van der Waals surface area contributed by atoms with Crippen molar-refractivity contribution in [1.29, 1.82) is 0 Å². The molecule has 2 aromatic carbocycles. The number of carbonyl (C=O) groups is 3. The third-order valence-electron chi connectivity index (χ3n) is 5.10. The lowest BCUT2D eigenvalue weighted by atomic mass is 9.94. The number of amides is 1. The molecule has 0 bridgehead atoms. The van der Waals surface area contributed by atoms with Gasteiger partial charge in [0.05, 0.1) is 12.6 Å². The van der Waals surface area contributed by atoms with Gasteiger partial charge in [0.2, 0.25) is 5.91 Å². The van der Waals surface area contributed by atoms with Gasteiger partial charge in [-0.1, -0.05) is 58.0 Å². The van der Waals surface area contributed by atoms with Crippen molar-refractivity contribution < 1.29 is 47.2 Å². The maximum atomic E-state index is 12.2. The van der Waals surface area contributed by atoms with E-state index in [9.17, 15) is 27.9 Å². The molecule has 0 saturated heterocycles. The van der Waals surface area contributed by atoms with Crippen molar-refractivity contribution >= 4 is 18.0 Å². The van der Waals surface area contributed by atoms with Crippen LogP contribution in [0.25, 0.3) is 0 Å². The number of nitrogens with two attached hydrogens (primary N) is 1. The lowest BCUT2D eigenvalue weighted by Crippen LogP contribution is -2.43. The Balaban J connectivity index is 0.000000905. The van der Waals surface area contributed by atoms with Crippen LogP contribution in [0.5, 0.6) is 11.5 Å². The first kappa shape index (κ1) is 32.2. The van der Waals surface area contributed by atoms with E-state index in [4.69, 9.17) is 25.1 Å². The van der Waals surface area contributed by atoms with Gasteiger partial charge < -0.3 is 30.7 Å². The molecule has 1 amide bonds. The lowest BCUT2D eigenvalue weighted by Gasteiger charge is -2.18. The van der Waals surface area contributed by atoms with E-state index in [0.29, 0.717) is 12.2 Å². The van der Waals surface area contributed by atoms with Gasteiger partial charge >= 0.3 is 18.3 Å². The fourth-order valence-electron chi connectivity index (χ4n) is 3.13. The van der Waals surface area contributed by atoms with Gasteiger partial charge in [0.1, 0.15) is 18.1 Å². The van der Waals surface area contributed by atoms with E-state index in [1.807, 2.05) is 45.9 Å². The maximum Gasteiger partial charge on any atom is 0.513 e. The number of para-hydroxylation sites is 1. The van der Waals surface area contributed by atoms with Crippen LogP contribution in [0, 0.1) is 0 Å². The van der Waals surface area contributed by atoms with Crippen LogP contribution in [0.2, 0.25) is 0 Å². The number of aliphatic carboxylic acids is 1. The average Bonchev–Trinajstić information content (AvgIpc) is 2.82. The smallest absolute Gasteiger partial charge is 0.508 e. The van der Waals surface area contributed by atoms with Crippen molar-refractivity contribution in [3.63, 3.8) is 0 Å². The first-order chi connectivity index (χ1) is 17.6. The molecule has 9 nitrogen and oxygen atoms in total. The van der Waals surface area contributed by atoms with Gasteiger partial charge in [-0.2, -0.15) is 13.2 Å². The van der Waals surface area contributed by atoms with Crippen LogP contribution in [0.4, 0.5) is 18.0 Å². The minimum Gasteiger partial charge on any atom is -0.508 e. The van der Waals surface area contributed by atoms with Crippen LogP contribution >= 0.6 is 0 Å². The molecule has 1 atom stereocenters. The van der Waals surface area contributed by atoms with Crippen LogP contribution in [0.3, 0.4) is 0 Å². The van der Waals surface area contributed by atoms with Crippen LogP contribution in [-0.2, 0) is 20.7 Å². The molecule has 0 aliphatic carbocycles. The van der Waals surface area contributed by atoms with Crippen LogP contribution in [0.15, 0.2) is 42.5 Å². The molecule has 0 unspecified atom stereocenters. The first-order valence-corrected chi connectivity index (χ1v) is 11.7. The number of hydrogen-bond donors (Lipinski definition) is 4. The summed E-state index contributed by atoms with van der Waals surface area (Å²) in [5.74, 6) is -2.03. The maximum absolute atomic E-state index is 12.2. The number of aromatic hydroxyl groups is 1. The minimum atomic E-state index is -5.08. The van der Waals surface area contributed by atoms with Gasteiger partial charge in [-0.25, -0.2) is 9.59 Å². The monoisotopic (exact) mass is 542 g/mol. The topological polar surface area (TPSA) is 148 Å². The summed E-state index contributed by atoms with van der Waals surface area (Å²) >= 11 is 0. The second-order valence-corrected chi connectivity index (χ2v) is 8.85. The van der Waals surface area contributed by atoms with E-state index in [2.05, 4.69) is 5.32 Å². The molecule has 12 heteroatoms. The zero-order chi connectivity index (χ0) is 29.0. The highest BCUT2D eigenvalue weighted by Crippen LogP contribution is 2.34. The molecule has 0 saturated carbocycles. The second kappa shape index (κ2) is 14.8. The Morgan fingerprint density at radius 1 is 0.974 bits per heavy atom. The number of nitrogens with one attached hydrogen (secondary N) is 1. The van der Waals surface area contributed by atoms with E-state index in [1.54, 1.807) is 24.3 Å². The van der Waals surface area contributed by atoms with Gasteiger partial charge in [0.25, 0.3) is 0 Å². The minimum absolute atomic E-state index is 0.0304. The number of ether oxygens (including phenoxy) is 2. The standard InChI is InChI=1S/C24H32N2O5.C2HF3O2/c1-15(2)19-6-5-7-20(16(3)4)22(19)31-24(29)30-13-12-26-23(28)21(25)14-17-8-10-18(27)11-9-17;3-2(4,5)1(6)7/h5-11,15-16,21,27H,12-14,25H2,1-4H3,(H,26,28);(H,6,7)/t21-;/m0./s1. The van der Waals surface area contributed by atoms with E-state index in [0.717, 1.165) is 16.7 Å². The number of carbonyl (C=O) groups excluding carboxylic acids is 2. The molecule has 0 fully saturated rings. The molecule has 0 aliphatic rings. The molecular formula is C26H33F3N2O7. The van der Waals surface area contributed by atoms with Crippen molar-refractivity contribution in [1.82, 2.24) is 5.32 Å². The highest BCUT2D eigenvalue weighted by atomic mass is 19.4. The number of carboxylic acids is 1. The largest absolute Gasteiger partial charge is 0.513 e. The summed E-state index contributed by atoms with van der Waals surface area (Å²) in [4.78, 5) is 33.2. The third kappa shape index (κ3) is 11.1.